The fourth-order valence-electron chi connectivity index (χ4n) is 14.5. The summed E-state index contributed by atoms with van der Waals surface area (Å²) in [5.74, 6) is 0. The number of hydrogen-bond acceptors (Lipinski definition) is 4. The number of furan rings is 1. The van der Waals surface area contributed by atoms with E-state index < -0.39 is 0 Å². The second-order valence-corrected chi connectivity index (χ2v) is 29.7. The molecule has 2 atom stereocenters. The summed E-state index contributed by atoms with van der Waals surface area (Å²) in [6.07, 6.45) is 7.05. The van der Waals surface area contributed by atoms with Crippen molar-refractivity contribution in [1.29, 1.82) is 0 Å². The van der Waals surface area contributed by atoms with E-state index >= 15 is 0 Å². The molecule has 5 heteroatoms. The average Bonchev–Trinajstić information content (AvgIpc) is 3.94. The molecule has 7 aromatic rings. The highest BCUT2D eigenvalue weighted by atomic mass is 16.3. The molecule has 0 N–H and O–H groups in total. The molecule has 1 saturated carbocycles. The molecule has 12 rings (SSSR count). The maximum Gasteiger partial charge on any atom is 0.297 e. The van der Waals surface area contributed by atoms with E-state index in [9.17, 15) is 0 Å². The largest absolute Gasteiger partial charge is 0.468 e. The van der Waals surface area contributed by atoms with E-state index in [4.69, 9.17) is 4.42 Å². The molecular weight excluding hydrogens is 910 g/mol. The highest BCUT2D eigenvalue weighted by Gasteiger charge is 2.62. The Bertz CT molecular complexity index is 3400. The van der Waals surface area contributed by atoms with E-state index in [1.165, 1.54) is 90.8 Å². The van der Waals surface area contributed by atoms with Gasteiger partial charge in [0.25, 0.3) is 6.71 Å². The van der Waals surface area contributed by atoms with Crippen molar-refractivity contribution in [3.63, 3.8) is 0 Å². The third-order valence-electron chi connectivity index (χ3n) is 19.7. The second-order valence-electron chi connectivity index (χ2n) is 29.7. The van der Waals surface area contributed by atoms with Gasteiger partial charge < -0.3 is 19.1 Å². The van der Waals surface area contributed by atoms with Crippen LogP contribution in [0.1, 0.15) is 202 Å². The van der Waals surface area contributed by atoms with E-state index in [-0.39, 0.29) is 50.2 Å². The van der Waals surface area contributed by atoms with Gasteiger partial charge in [-0.15, -0.1) is 0 Å². The normalized spacial score (nSPS) is 21.4. The standard InChI is InChI=1S/C70H84BN3O/c1-63(2,3)43-21-27-47(28-22-43)72(48-29-23-44(24-30-48)64(4,5)6)50-39-56-59-57(40-50)74-61-54(69(17)33-19-20-34-70(69,74)18)37-46(66(10,11)12)38-55(61)71(59)62-60(73(56)49-31-25-45(26-32-49)65(7,8)9)51-41-52-53(42-58(51)75-62)68(15,16)36-35-67(52,13)14/h21-32,37-42H,19-20,33-36H2,1-18H3. The summed E-state index contributed by atoms with van der Waals surface area (Å²) in [4.78, 5) is 8.08. The Morgan fingerprint density at radius 2 is 0.973 bits per heavy atom. The highest BCUT2D eigenvalue weighted by molar-refractivity contribution is 7.00. The van der Waals surface area contributed by atoms with Crippen LogP contribution in [-0.2, 0) is 37.9 Å². The monoisotopic (exact) mass is 994 g/mol. The van der Waals surface area contributed by atoms with Crippen LogP contribution in [0.15, 0.2) is 114 Å². The molecule has 3 aliphatic heterocycles. The number of fused-ring (bicyclic) bond motifs is 10. The van der Waals surface area contributed by atoms with Crippen LogP contribution >= 0.6 is 0 Å². The SMILES string of the molecule is CC(C)(C)c1ccc(N(c2ccc(C(C)(C)C)cc2)c2cc3c4c(c2)N2c5c(cc(C(C)(C)C)cc5C5(C)CCCCC25C)B4c2oc4cc5c(cc4c2N3c2ccc(C(C)(C)C)cc2)C(C)(C)CCC5(C)C)cc1. The molecule has 0 amide bonds. The lowest BCUT2D eigenvalue weighted by Crippen LogP contribution is -2.64. The molecule has 0 spiro atoms. The topological polar surface area (TPSA) is 22.9 Å². The van der Waals surface area contributed by atoms with Gasteiger partial charge in [-0.2, -0.15) is 0 Å². The fraction of sp³-hybridized carbons (Fsp3) is 0.457. The molecular formula is C70H84BN3O. The van der Waals surface area contributed by atoms with Crippen molar-refractivity contribution in [2.45, 2.75) is 207 Å². The van der Waals surface area contributed by atoms with E-state index in [2.05, 4.69) is 249 Å². The Morgan fingerprint density at radius 1 is 0.480 bits per heavy atom. The number of benzene rings is 6. The molecule has 4 nitrogen and oxygen atoms in total. The molecule has 0 bridgehead atoms. The summed E-state index contributed by atoms with van der Waals surface area (Å²) >= 11 is 0. The first-order valence-electron chi connectivity index (χ1n) is 28.6. The second kappa shape index (κ2) is 16.0. The molecule has 75 heavy (non-hydrogen) atoms. The first kappa shape index (κ1) is 50.2. The Morgan fingerprint density at radius 3 is 1.51 bits per heavy atom. The first-order chi connectivity index (χ1) is 34.9. The van der Waals surface area contributed by atoms with Crippen LogP contribution in [-0.4, -0.2) is 12.3 Å². The highest BCUT2D eigenvalue weighted by Crippen LogP contribution is 2.63. The average molecular weight is 994 g/mol. The summed E-state index contributed by atoms with van der Waals surface area (Å²) in [6, 6.07) is 43.8. The maximum absolute atomic E-state index is 7.77. The third kappa shape index (κ3) is 7.42. The van der Waals surface area contributed by atoms with Crippen LogP contribution in [0.2, 0.25) is 0 Å². The first-order valence-corrected chi connectivity index (χ1v) is 28.6. The van der Waals surface area contributed by atoms with Gasteiger partial charge in [-0.3, -0.25) is 0 Å². The lowest BCUT2D eigenvalue weighted by atomic mass is 9.35. The number of anilines is 8. The minimum atomic E-state index is -0.159. The van der Waals surface area contributed by atoms with Crippen molar-refractivity contribution in [3.8, 4) is 0 Å². The predicted octanol–water partition coefficient (Wildman–Crippen LogP) is 17.8. The molecule has 1 fully saturated rings. The van der Waals surface area contributed by atoms with Crippen LogP contribution in [0.3, 0.4) is 0 Å². The van der Waals surface area contributed by atoms with Crippen LogP contribution in [0, 0.1) is 0 Å². The van der Waals surface area contributed by atoms with Gasteiger partial charge in [0.15, 0.2) is 0 Å². The van der Waals surface area contributed by atoms with Crippen LogP contribution in [0.4, 0.5) is 45.5 Å². The molecule has 0 radical (unpaired) electrons. The van der Waals surface area contributed by atoms with E-state index in [0.29, 0.717) is 0 Å². The van der Waals surface area contributed by atoms with Crippen molar-refractivity contribution in [3.05, 3.63) is 148 Å². The van der Waals surface area contributed by atoms with Gasteiger partial charge in [0.1, 0.15) is 5.58 Å². The quantitative estimate of drug-likeness (QED) is 0.164. The van der Waals surface area contributed by atoms with Crippen molar-refractivity contribution >= 4 is 79.8 Å². The van der Waals surface area contributed by atoms with Gasteiger partial charge in [0, 0.05) is 44.9 Å². The van der Waals surface area contributed by atoms with Crippen molar-refractivity contribution in [1.82, 2.24) is 0 Å². The third-order valence-corrected chi connectivity index (χ3v) is 19.7. The molecule has 4 heterocycles. The molecule has 2 unspecified atom stereocenters. The fourth-order valence-corrected chi connectivity index (χ4v) is 14.5. The number of nitrogens with zero attached hydrogens (tertiary/aromatic N) is 3. The van der Waals surface area contributed by atoms with E-state index in [1.807, 2.05) is 0 Å². The zero-order valence-corrected chi connectivity index (χ0v) is 49.0. The minimum Gasteiger partial charge on any atom is -0.468 e. The Balaban J connectivity index is 1.24. The van der Waals surface area contributed by atoms with Crippen molar-refractivity contribution in [2.75, 3.05) is 14.7 Å². The summed E-state index contributed by atoms with van der Waals surface area (Å²) in [7, 11) is 0. The summed E-state index contributed by atoms with van der Waals surface area (Å²) < 4.78 is 7.77. The minimum absolute atomic E-state index is 0.00511. The lowest BCUT2D eigenvalue weighted by molar-refractivity contribution is 0.195. The Kier molecular flexibility index (Phi) is 10.7. The smallest absolute Gasteiger partial charge is 0.297 e. The van der Waals surface area contributed by atoms with Gasteiger partial charge >= 0.3 is 0 Å². The predicted molar refractivity (Wildman–Crippen MR) is 323 cm³/mol. The summed E-state index contributed by atoms with van der Waals surface area (Å²) in [6.45, 7) is 43.0. The molecule has 388 valence electrons. The summed E-state index contributed by atoms with van der Waals surface area (Å²) in [5, 5.41) is 1.21. The van der Waals surface area contributed by atoms with Gasteiger partial charge in [-0.05, 0) is 176 Å². The van der Waals surface area contributed by atoms with Gasteiger partial charge in [0.05, 0.1) is 22.6 Å². The molecule has 1 aromatic heterocycles. The number of hydrogen-bond donors (Lipinski definition) is 0. The maximum atomic E-state index is 7.77. The van der Waals surface area contributed by atoms with Crippen LogP contribution < -0.4 is 31.3 Å². The van der Waals surface area contributed by atoms with Gasteiger partial charge in [-0.25, -0.2) is 0 Å². The molecule has 5 aliphatic rings. The Labute approximate surface area is 451 Å². The van der Waals surface area contributed by atoms with Crippen LogP contribution in [0.5, 0.6) is 0 Å². The Hall–Kier alpha value is -5.68. The summed E-state index contributed by atoms with van der Waals surface area (Å²) in [5.41, 5.74) is 24.2. The van der Waals surface area contributed by atoms with E-state index in [0.717, 1.165) is 59.7 Å². The zero-order chi connectivity index (χ0) is 53.5. The van der Waals surface area contributed by atoms with Gasteiger partial charge in [-0.1, -0.05) is 179 Å². The molecule has 6 aromatic carbocycles. The number of rotatable bonds is 4. The van der Waals surface area contributed by atoms with E-state index in [1.54, 1.807) is 0 Å². The zero-order valence-electron chi connectivity index (χ0n) is 49.0. The lowest BCUT2D eigenvalue weighted by Gasteiger charge is -2.52. The van der Waals surface area contributed by atoms with Crippen LogP contribution in [0.25, 0.3) is 11.0 Å². The van der Waals surface area contributed by atoms with Crippen molar-refractivity contribution < 1.29 is 4.42 Å². The molecule has 2 aliphatic carbocycles. The van der Waals surface area contributed by atoms with Crippen molar-refractivity contribution in [2.24, 2.45) is 0 Å². The molecule has 0 saturated heterocycles. The van der Waals surface area contributed by atoms with Gasteiger partial charge in [0.2, 0.25) is 0 Å².